The fraction of sp³-hybridized carbons (Fsp3) is 0.450. The number of nitrogens with zero attached hydrogens (tertiary/aromatic N) is 1. The van der Waals surface area contributed by atoms with Crippen molar-refractivity contribution in [3.8, 4) is 5.75 Å². The molecule has 6 heteroatoms. The number of likely N-dealkylation sites (tertiary alicyclic amines) is 1. The van der Waals surface area contributed by atoms with Crippen LogP contribution in [0.5, 0.6) is 5.75 Å². The first-order valence-electron chi connectivity index (χ1n) is 9.17. The summed E-state index contributed by atoms with van der Waals surface area (Å²) in [7, 11) is 0. The molecule has 2 aliphatic rings. The molecule has 2 atom stereocenters. The quantitative estimate of drug-likeness (QED) is 0.841. The zero-order valence-electron chi connectivity index (χ0n) is 14.6. The molecule has 2 unspecified atom stereocenters. The van der Waals surface area contributed by atoms with Crippen molar-refractivity contribution in [2.24, 2.45) is 5.92 Å². The molecule has 1 fully saturated rings. The Morgan fingerprint density at radius 2 is 2.19 bits per heavy atom. The molecule has 1 amide bonds. The zero-order chi connectivity index (χ0) is 17.9. The van der Waals surface area contributed by atoms with Crippen LogP contribution in [0.3, 0.4) is 0 Å². The standard InChI is InChI=1S/C20H23ClN2O2S/c21-16-5-6-18-14(11-16)10-15(13-25-18)20(24)22-12-17(19-4-3-9-26-19)23-7-1-2-8-23/h3-6,9,11,15,17H,1-2,7-8,10,12-13H2,(H,22,24). The maximum Gasteiger partial charge on any atom is 0.226 e. The van der Waals surface area contributed by atoms with E-state index in [4.69, 9.17) is 16.3 Å². The molecule has 0 aliphatic carbocycles. The van der Waals surface area contributed by atoms with Gasteiger partial charge in [-0.25, -0.2) is 0 Å². The van der Waals surface area contributed by atoms with E-state index in [-0.39, 0.29) is 17.9 Å². The van der Waals surface area contributed by atoms with Gasteiger partial charge in [-0.2, -0.15) is 0 Å². The van der Waals surface area contributed by atoms with Crippen LogP contribution in [0.1, 0.15) is 29.3 Å². The maximum absolute atomic E-state index is 12.7. The lowest BCUT2D eigenvalue weighted by Gasteiger charge is -2.29. The van der Waals surface area contributed by atoms with E-state index in [1.165, 1.54) is 17.7 Å². The number of nitrogens with one attached hydrogen (secondary N) is 1. The fourth-order valence-electron chi connectivity index (χ4n) is 3.82. The average Bonchev–Trinajstić information content (AvgIpc) is 3.35. The molecule has 138 valence electrons. The highest BCUT2D eigenvalue weighted by Gasteiger charge is 2.29. The maximum atomic E-state index is 12.7. The van der Waals surface area contributed by atoms with E-state index < -0.39 is 0 Å². The number of hydrogen-bond donors (Lipinski definition) is 1. The summed E-state index contributed by atoms with van der Waals surface area (Å²) in [6.07, 6.45) is 3.16. The fourth-order valence-corrected chi connectivity index (χ4v) is 4.87. The van der Waals surface area contributed by atoms with Crippen molar-refractivity contribution in [1.29, 1.82) is 0 Å². The van der Waals surface area contributed by atoms with Gasteiger partial charge in [0.2, 0.25) is 5.91 Å². The molecule has 0 radical (unpaired) electrons. The highest BCUT2D eigenvalue weighted by molar-refractivity contribution is 7.10. The molecule has 2 aliphatic heterocycles. The van der Waals surface area contributed by atoms with E-state index in [1.807, 2.05) is 18.2 Å². The number of ether oxygens (including phenoxy) is 1. The summed E-state index contributed by atoms with van der Waals surface area (Å²) in [5, 5.41) is 5.96. The summed E-state index contributed by atoms with van der Waals surface area (Å²) in [4.78, 5) is 16.6. The van der Waals surface area contributed by atoms with Gasteiger partial charge in [0.1, 0.15) is 12.4 Å². The van der Waals surface area contributed by atoms with Crippen LogP contribution < -0.4 is 10.1 Å². The second kappa shape index (κ2) is 7.99. The van der Waals surface area contributed by atoms with Crippen molar-refractivity contribution < 1.29 is 9.53 Å². The highest BCUT2D eigenvalue weighted by Crippen LogP contribution is 2.31. The van der Waals surface area contributed by atoms with E-state index in [0.717, 1.165) is 24.4 Å². The van der Waals surface area contributed by atoms with Crippen molar-refractivity contribution in [2.45, 2.75) is 25.3 Å². The molecule has 4 nitrogen and oxygen atoms in total. The SMILES string of the molecule is O=C(NCC(c1cccs1)N1CCCC1)C1COc2ccc(Cl)cc2C1. The largest absolute Gasteiger partial charge is 0.492 e. The van der Waals surface area contributed by atoms with Crippen molar-refractivity contribution in [3.05, 3.63) is 51.2 Å². The molecule has 1 saturated heterocycles. The predicted octanol–water partition coefficient (Wildman–Crippen LogP) is 3.91. The first-order valence-corrected chi connectivity index (χ1v) is 10.4. The van der Waals surface area contributed by atoms with Crippen molar-refractivity contribution >= 4 is 28.8 Å². The number of carbonyl (C=O) groups is 1. The minimum absolute atomic E-state index is 0.0661. The molecule has 1 aromatic carbocycles. The number of amides is 1. The van der Waals surface area contributed by atoms with Crippen LogP contribution in [-0.4, -0.2) is 37.0 Å². The number of fused-ring (bicyclic) bond motifs is 1. The topological polar surface area (TPSA) is 41.6 Å². The van der Waals surface area contributed by atoms with Gasteiger partial charge in [-0.15, -0.1) is 11.3 Å². The molecular weight excluding hydrogens is 368 g/mol. The van der Waals surface area contributed by atoms with E-state index >= 15 is 0 Å². The first kappa shape index (κ1) is 17.8. The third kappa shape index (κ3) is 3.90. The lowest BCUT2D eigenvalue weighted by molar-refractivity contribution is -0.126. The van der Waals surface area contributed by atoms with Crippen LogP contribution in [0.4, 0.5) is 0 Å². The van der Waals surface area contributed by atoms with Gasteiger partial charge < -0.3 is 10.1 Å². The number of hydrogen-bond acceptors (Lipinski definition) is 4. The number of thiophene rings is 1. The lowest BCUT2D eigenvalue weighted by atomic mass is 9.96. The minimum Gasteiger partial charge on any atom is -0.492 e. The Morgan fingerprint density at radius 3 is 2.96 bits per heavy atom. The molecule has 1 aromatic heterocycles. The Kier molecular flexibility index (Phi) is 5.48. The van der Waals surface area contributed by atoms with E-state index in [1.54, 1.807) is 11.3 Å². The van der Waals surface area contributed by atoms with Crippen LogP contribution in [0, 0.1) is 5.92 Å². The summed E-state index contributed by atoms with van der Waals surface area (Å²) in [5.41, 5.74) is 1.01. The Labute approximate surface area is 163 Å². The van der Waals surface area contributed by atoms with Crippen LogP contribution in [0.15, 0.2) is 35.7 Å². The smallest absolute Gasteiger partial charge is 0.226 e. The number of halogens is 1. The van der Waals surface area contributed by atoms with Gasteiger partial charge >= 0.3 is 0 Å². The summed E-state index contributed by atoms with van der Waals surface area (Å²) >= 11 is 7.84. The normalized spacial score (nSPS) is 21.0. The van der Waals surface area contributed by atoms with Crippen molar-refractivity contribution in [1.82, 2.24) is 10.2 Å². The molecule has 1 N–H and O–H groups in total. The summed E-state index contributed by atoms with van der Waals surface area (Å²) in [6, 6.07) is 10.1. The van der Waals surface area contributed by atoms with Gasteiger partial charge in [0, 0.05) is 16.4 Å². The first-order chi connectivity index (χ1) is 12.7. The number of benzene rings is 1. The molecule has 4 rings (SSSR count). The monoisotopic (exact) mass is 390 g/mol. The Bertz CT molecular complexity index is 759. The van der Waals surface area contributed by atoms with Crippen molar-refractivity contribution in [3.63, 3.8) is 0 Å². The molecular formula is C20H23ClN2O2S. The lowest BCUT2D eigenvalue weighted by Crippen LogP contribution is -2.42. The summed E-state index contributed by atoms with van der Waals surface area (Å²) in [6.45, 7) is 3.29. The van der Waals surface area contributed by atoms with Gasteiger partial charge in [-0.05, 0) is 67.6 Å². The third-order valence-corrected chi connectivity index (χ3v) is 6.43. The average molecular weight is 391 g/mol. The van der Waals surface area contributed by atoms with Crippen LogP contribution >= 0.6 is 22.9 Å². The molecule has 2 aromatic rings. The predicted molar refractivity (Wildman–Crippen MR) is 105 cm³/mol. The Hall–Kier alpha value is -1.56. The molecule has 26 heavy (non-hydrogen) atoms. The second-order valence-electron chi connectivity index (χ2n) is 6.98. The molecule has 0 saturated carbocycles. The van der Waals surface area contributed by atoms with Crippen LogP contribution in [0.25, 0.3) is 0 Å². The molecule has 0 spiro atoms. The highest BCUT2D eigenvalue weighted by atomic mass is 35.5. The van der Waals surface area contributed by atoms with Gasteiger partial charge in [0.15, 0.2) is 0 Å². The van der Waals surface area contributed by atoms with Gasteiger partial charge in [-0.3, -0.25) is 9.69 Å². The number of carbonyl (C=O) groups excluding carboxylic acids is 1. The van der Waals surface area contributed by atoms with Gasteiger partial charge in [0.25, 0.3) is 0 Å². The summed E-state index contributed by atoms with van der Waals surface area (Å²) < 4.78 is 5.76. The third-order valence-electron chi connectivity index (χ3n) is 5.22. The van der Waals surface area contributed by atoms with Crippen LogP contribution in [-0.2, 0) is 11.2 Å². The van der Waals surface area contributed by atoms with E-state index in [2.05, 4.69) is 27.7 Å². The second-order valence-corrected chi connectivity index (χ2v) is 8.40. The number of rotatable bonds is 5. The Morgan fingerprint density at radius 1 is 1.35 bits per heavy atom. The molecule has 0 bridgehead atoms. The summed E-state index contributed by atoms with van der Waals surface area (Å²) in [5.74, 6) is 0.742. The van der Waals surface area contributed by atoms with Crippen molar-refractivity contribution in [2.75, 3.05) is 26.2 Å². The molecule has 3 heterocycles. The van der Waals surface area contributed by atoms with E-state index in [0.29, 0.717) is 24.6 Å². The van der Waals surface area contributed by atoms with Gasteiger partial charge in [-0.1, -0.05) is 17.7 Å². The minimum atomic E-state index is -0.163. The van der Waals surface area contributed by atoms with Crippen LogP contribution in [0.2, 0.25) is 5.02 Å². The Balaban J connectivity index is 1.39. The van der Waals surface area contributed by atoms with Gasteiger partial charge in [0.05, 0.1) is 12.0 Å². The van der Waals surface area contributed by atoms with E-state index in [9.17, 15) is 4.79 Å². The zero-order valence-corrected chi connectivity index (χ0v) is 16.2.